The van der Waals surface area contributed by atoms with Crippen LogP contribution in [0.5, 0.6) is 5.75 Å². The summed E-state index contributed by atoms with van der Waals surface area (Å²) in [5.74, 6) is 2.53. The number of ether oxygens (including phenoxy) is 2. The van der Waals surface area contributed by atoms with E-state index in [4.69, 9.17) is 11.2 Å². The normalized spacial score (nSPS) is 16.9. The highest BCUT2D eigenvalue weighted by molar-refractivity contribution is 5.94. The second-order valence-corrected chi connectivity index (χ2v) is 3.28. The van der Waals surface area contributed by atoms with Crippen LogP contribution in [-0.2, 0) is 4.74 Å². The zero-order valence-corrected chi connectivity index (χ0v) is 8.77. The Kier molecular flexibility index (Phi) is 2.65. The van der Waals surface area contributed by atoms with Gasteiger partial charge in [-0.3, -0.25) is 0 Å². The van der Waals surface area contributed by atoms with E-state index >= 15 is 0 Å². The number of methoxy groups -OCH3 is 1. The van der Waals surface area contributed by atoms with E-state index < -0.39 is 12.1 Å². The molecule has 0 N–H and O–H groups in total. The molecule has 0 fully saturated rings. The van der Waals surface area contributed by atoms with E-state index in [1.54, 1.807) is 18.2 Å². The molecule has 1 aromatic rings. The Morgan fingerprint density at radius 2 is 2.38 bits per heavy atom. The van der Waals surface area contributed by atoms with Gasteiger partial charge in [-0.2, -0.15) is 0 Å². The van der Waals surface area contributed by atoms with Crippen molar-refractivity contribution < 1.29 is 14.3 Å². The molecule has 0 bridgehead atoms. The Balaban J connectivity index is 2.49. The van der Waals surface area contributed by atoms with Crippen molar-refractivity contribution in [3.8, 4) is 18.1 Å². The van der Waals surface area contributed by atoms with E-state index in [-0.39, 0.29) is 0 Å². The first-order chi connectivity index (χ1) is 7.76. The standard InChI is InChI=1S/C13H10O3/c1-3-10-8-7-9-5-4-6-11(12(9)16-10)13(14)15-2/h1,4-8,10H,2H3. The maximum absolute atomic E-state index is 11.5. The van der Waals surface area contributed by atoms with Gasteiger partial charge in [-0.15, -0.1) is 6.42 Å². The molecule has 1 aliphatic rings. The van der Waals surface area contributed by atoms with Crippen LogP contribution in [0, 0.1) is 12.3 Å². The third-order valence-corrected chi connectivity index (χ3v) is 2.31. The van der Waals surface area contributed by atoms with E-state index in [2.05, 4.69) is 10.7 Å². The SMILES string of the molecule is C#CC1C=Cc2cccc(C(=O)OC)c2O1. The molecule has 1 atom stereocenters. The molecule has 1 unspecified atom stereocenters. The molecule has 2 rings (SSSR count). The van der Waals surface area contributed by atoms with Crippen LogP contribution in [0.25, 0.3) is 6.08 Å². The third kappa shape index (κ3) is 1.66. The number of para-hydroxylation sites is 1. The summed E-state index contributed by atoms with van der Waals surface area (Å²) < 4.78 is 10.2. The van der Waals surface area contributed by atoms with Crippen molar-refractivity contribution in [1.29, 1.82) is 0 Å². The molecule has 0 saturated heterocycles. The zero-order chi connectivity index (χ0) is 11.5. The summed E-state index contributed by atoms with van der Waals surface area (Å²) in [4.78, 5) is 11.5. The molecule has 0 aromatic heterocycles. The molecule has 0 spiro atoms. The van der Waals surface area contributed by atoms with Gasteiger partial charge in [0.25, 0.3) is 0 Å². The van der Waals surface area contributed by atoms with Crippen LogP contribution in [0.3, 0.4) is 0 Å². The highest BCUT2D eigenvalue weighted by atomic mass is 16.5. The molecule has 3 nitrogen and oxygen atoms in total. The molecule has 0 saturated carbocycles. The number of esters is 1. The molecule has 16 heavy (non-hydrogen) atoms. The van der Waals surface area contributed by atoms with Gasteiger partial charge in [-0.1, -0.05) is 24.1 Å². The van der Waals surface area contributed by atoms with Crippen molar-refractivity contribution in [3.05, 3.63) is 35.4 Å². The van der Waals surface area contributed by atoms with E-state index in [1.165, 1.54) is 7.11 Å². The highest BCUT2D eigenvalue weighted by Gasteiger charge is 2.20. The number of fused-ring (bicyclic) bond motifs is 1. The number of carbonyl (C=O) groups is 1. The molecule has 1 aromatic carbocycles. The van der Waals surface area contributed by atoms with Gasteiger partial charge in [0.15, 0.2) is 6.10 Å². The fraction of sp³-hybridized carbons (Fsp3) is 0.154. The smallest absolute Gasteiger partial charge is 0.341 e. The summed E-state index contributed by atoms with van der Waals surface area (Å²) in [7, 11) is 1.33. The average molecular weight is 214 g/mol. The molecule has 0 amide bonds. The minimum atomic E-state index is -0.432. The number of carbonyl (C=O) groups excluding carboxylic acids is 1. The van der Waals surface area contributed by atoms with Crippen molar-refractivity contribution in [2.75, 3.05) is 7.11 Å². The number of hydrogen-bond acceptors (Lipinski definition) is 3. The van der Waals surface area contributed by atoms with Gasteiger partial charge in [0.05, 0.1) is 7.11 Å². The Morgan fingerprint density at radius 1 is 1.56 bits per heavy atom. The van der Waals surface area contributed by atoms with Crippen molar-refractivity contribution >= 4 is 12.0 Å². The Labute approximate surface area is 93.7 Å². The van der Waals surface area contributed by atoms with Crippen LogP contribution in [-0.4, -0.2) is 19.2 Å². The first-order valence-electron chi connectivity index (χ1n) is 4.78. The molecule has 3 heteroatoms. The summed E-state index contributed by atoms with van der Waals surface area (Å²) in [6.45, 7) is 0. The van der Waals surface area contributed by atoms with E-state index in [0.717, 1.165) is 5.56 Å². The van der Waals surface area contributed by atoms with E-state index in [1.807, 2.05) is 12.1 Å². The fourth-order valence-corrected chi connectivity index (χ4v) is 1.54. The maximum Gasteiger partial charge on any atom is 0.341 e. The van der Waals surface area contributed by atoms with Crippen molar-refractivity contribution in [2.24, 2.45) is 0 Å². The zero-order valence-electron chi connectivity index (χ0n) is 8.77. The van der Waals surface area contributed by atoms with Crippen LogP contribution in [0.2, 0.25) is 0 Å². The lowest BCUT2D eigenvalue weighted by Gasteiger charge is -2.19. The summed E-state index contributed by atoms with van der Waals surface area (Å²) >= 11 is 0. The molecular formula is C13H10O3. The van der Waals surface area contributed by atoms with Crippen LogP contribution >= 0.6 is 0 Å². The first-order valence-corrected chi connectivity index (χ1v) is 4.78. The summed E-state index contributed by atoms with van der Waals surface area (Å²) in [5.41, 5.74) is 1.22. The Morgan fingerprint density at radius 3 is 3.06 bits per heavy atom. The summed E-state index contributed by atoms with van der Waals surface area (Å²) in [6, 6.07) is 5.28. The van der Waals surface area contributed by atoms with Gasteiger partial charge in [0, 0.05) is 5.56 Å². The predicted molar refractivity (Wildman–Crippen MR) is 60.1 cm³/mol. The molecule has 80 valence electrons. The van der Waals surface area contributed by atoms with Gasteiger partial charge >= 0.3 is 5.97 Å². The monoisotopic (exact) mass is 214 g/mol. The van der Waals surface area contributed by atoms with Gasteiger partial charge in [-0.25, -0.2) is 4.79 Å². The van der Waals surface area contributed by atoms with E-state index in [9.17, 15) is 4.79 Å². The van der Waals surface area contributed by atoms with Crippen molar-refractivity contribution in [2.45, 2.75) is 6.10 Å². The first kappa shape index (κ1) is 10.3. The molecular weight excluding hydrogens is 204 g/mol. The van der Waals surface area contributed by atoms with Crippen LogP contribution < -0.4 is 4.74 Å². The number of benzene rings is 1. The second kappa shape index (κ2) is 4.11. The van der Waals surface area contributed by atoms with Gasteiger partial charge in [-0.05, 0) is 12.1 Å². The largest absolute Gasteiger partial charge is 0.472 e. The lowest BCUT2D eigenvalue weighted by molar-refractivity contribution is 0.0595. The summed E-state index contributed by atoms with van der Waals surface area (Å²) in [6.07, 6.45) is 8.45. The maximum atomic E-state index is 11.5. The van der Waals surface area contributed by atoms with Gasteiger partial charge < -0.3 is 9.47 Å². The minimum Gasteiger partial charge on any atom is -0.472 e. The minimum absolute atomic E-state index is 0.393. The molecule has 0 radical (unpaired) electrons. The van der Waals surface area contributed by atoms with Gasteiger partial charge in [0.1, 0.15) is 11.3 Å². The molecule has 0 aliphatic carbocycles. The quantitative estimate of drug-likeness (QED) is 0.529. The Bertz CT molecular complexity index is 494. The summed E-state index contributed by atoms with van der Waals surface area (Å²) in [5, 5.41) is 0. The lowest BCUT2D eigenvalue weighted by Crippen LogP contribution is -2.17. The predicted octanol–water partition coefficient (Wildman–Crippen LogP) is 1.88. The Hall–Kier alpha value is -2.21. The lowest BCUT2D eigenvalue weighted by atomic mass is 10.1. The van der Waals surface area contributed by atoms with Crippen LogP contribution in [0.15, 0.2) is 24.3 Å². The fourth-order valence-electron chi connectivity index (χ4n) is 1.54. The third-order valence-electron chi connectivity index (χ3n) is 2.31. The topological polar surface area (TPSA) is 35.5 Å². The van der Waals surface area contributed by atoms with E-state index in [0.29, 0.717) is 11.3 Å². The number of terminal acetylenes is 1. The molecule has 1 heterocycles. The van der Waals surface area contributed by atoms with Crippen molar-refractivity contribution in [3.63, 3.8) is 0 Å². The number of hydrogen-bond donors (Lipinski definition) is 0. The average Bonchev–Trinajstić information content (AvgIpc) is 2.36. The highest BCUT2D eigenvalue weighted by Crippen LogP contribution is 2.30. The molecule has 1 aliphatic heterocycles. The van der Waals surface area contributed by atoms with Crippen LogP contribution in [0.1, 0.15) is 15.9 Å². The number of rotatable bonds is 1. The van der Waals surface area contributed by atoms with Crippen molar-refractivity contribution in [1.82, 2.24) is 0 Å². The van der Waals surface area contributed by atoms with Crippen LogP contribution in [0.4, 0.5) is 0 Å². The second-order valence-electron chi connectivity index (χ2n) is 3.28. The van der Waals surface area contributed by atoms with Gasteiger partial charge in [0.2, 0.25) is 0 Å².